The van der Waals surface area contributed by atoms with Crippen LogP contribution in [0.5, 0.6) is 5.75 Å². The standard InChI is InChI=1S/C11H11ClF2O2/c1-7-2-3-8(5-9(15)6-12)10(4-7)16-11(13)14/h2-4,11H,5-6H2,1H3. The highest BCUT2D eigenvalue weighted by atomic mass is 35.5. The van der Waals surface area contributed by atoms with Gasteiger partial charge in [0.1, 0.15) is 5.75 Å². The molecule has 0 amide bonds. The quantitative estimate of drug-likeness (QED) is 0.749. The molecule has 0 aromatic heterocycles. The minimum atomic E-state index is -2.90. The van der Waals surface area contributed by atoms with Crippen LogP contribution in [-0.4, -0.2) is 18.3 Å². The van der Waals surface area contributed by atoms with Gasteiger partial charge in [-0.2, -0.15) is 8.78 Å². The lowest BCUT2D eigenvalue weighted by atomic mass is 10.1. The highest BCUT2D eigenvalue weighted by Gasteiger charge is 2.12. The summed E-state index contributed by atoms with van der Waals surface area (Å²) in [5.41, 5.74) is 1.22. The first-order valence-electron chi connectivity index (χ1n) is 4.65. The van der Waals surface area contributed by atoms with Gasteiger partial charge in [0.15, 0.2) is 5.78 Å². The summed E-state index contributed by atoms with van der Waals surface area (Å²) in [6, 6.07) is 4.80. The summed E-state index contributed by atoms with van der Waals surface area (Å²) >= 11 is 5.35. The fraction of sp³-hybridized carbons (Fsp3) is 0.364. The monoisotopic (exact) mass is 248 g/mol. The molecule has 0 N–H and O–H groups in total. The van der Waals surface area contributed by atoms with Crippen molar-refractivity contribution >= 4 is 17.4 Å². The molecule has 0 spiro atoms. The van der Waals surface area contributed by atoms with Gasteiger partial charge in [-0.1, -0.05) is 12.1 Å². The summed E-state index contributed by atoms with van der Waals surface area (Å²) in [5.74, 6) is -0.333. The predicted molar refractivity (Wildman–Crippen MR) is 57.2 cm³/mol. The number of ketones is 1. The van der Waals surface area contributed by atoms with Crippen LogP contribution in [0, 0.1) is 6.92 Å². The van der Waals surface area contributed by atoms with E-state index in [0.29, 0.717) is 5.56 Å². The highest BCUT2D eigenvalue weighted by molar-refractivity contribution is 6.27. The molecule has 0 atom stereocenters. The van der Waals surface area contributed by atoms with E-state index in [2.05, 4.69) is 4.74 Å². The normalized spacial score (nSPS) is 10.6. The van der Waals surface area contributed by atoms with E-state index >= 15 is 0 Å². The van der Waals surface area contributed by atoms with Gasteiger partial charge in [0.05, 0.1) is 5.88 Å². The van der Waals surface area contributed by atoms with Gasteiger partial charge in [-0.3, -0.25) is 4.79 Å². The van der Waals surface area contributed by atoms with Gasteiger partial charge in [-0.05, 0) is 18.6 Å². The van der Waals surface area contributed by atoms with Gasteiger partial charge in [0, 0.05) is 12.0 Å². The fourth-order valence-electron chi connectivity index (χ4n) is 1.27. The number of hydrogen-bond donors (Lipinski definition) is 0. The van der Waals surface area contributed by atoms with Crippen molar-refractivity contribution < 1.29 is 18.3 Å². The topological polar surface area (TPSA) is 26.3 Å². The van der Waals surface area contributed by atoms with E-state index < -0.39 is 6.61 Å². The van der Waals surface area contributed by atoms with Crippen LogP contribution in [0.2, 0.25) is 0 Å². The molecule has 0 saturated heterocycles. The first-order valence-corrected chi connectivity index (χ1v) is 5.18. The Bertz CT molecular complexity index is 380. The van der Waals surface area contributed by atoms with Crippen molar-refractivity contribution in [1.82, 2.24) is 0 Å². The first-order chi connectivity index (χ1) is 7.52. The number of carbonyl (C=O) groups is 1. The Kier molecular flexibility index (Phi) is 4.68. The summed E-state index contributed by atoms with van der Waals surface area (Å²) in [6.45, 7) is -1.14. The second-order valence-electron chi connectivity index (χ2n) is 3.34. The molecule has 0 bridgehead atoms. The third kappa shape index (κ3) is 3.77. The Morgan fingerprint density at radius 3 is 2.75 bits per heavy atom. The molecular weight excluding hydrogens is 238 g/mol. The van der Waals surface area contributed by atoms with Crippen LogP contribution in [0.3, 0.4) is 0 Å². The lowest BCUT2D eigenvalue weighted by Crippen LogP contribution is -2.09. The predicted octanol–water partition coefficient (Wildman–Crippen LogP) is 2.95. The van der Waals surface area contributed by atoms with Crippen molar-refractivity contribution in [3.05, 3.63) is 29.3 Å². The van der Waals surface area contributed by atoms with Gasteiger partial charge in [0.2, 0.25) is 0 Å². The van der Waals surface area contributed by atoms with Crippen LogP contribution in [0.25, 0.3) is 0 Å². The second-order valence-corrected chi connectivity index (χ2v) is 3.61. The minimum absolute atomic E-state index is 0.00579. The zero-order valence-corrected chi connectivity index (χ0v) is 9.43. The number of rotatable bonds is 5. The molecule has 0 aliphatic heterocycles. The number of ether oxygens (including phenoxy) is 1. The molecular formula is C11H11ClF2O2. The maximum Gasteiger partial charge on any atom is 0.387 e. The molecule has 0 heterocycles. The van der Waals surface area contributed by atoms with Crippen molar-refractivity contribution in [3.63, 3.8) is 0 Å². The Balaban J connectivity index is 2.93. The van der Waals surface area contributed by atoms with Crippen LogP contribution < -0.4 is 4.74 Å². The molecule has 0 fully saturated rings. The van der Waals surface area contributed by atoms with Gasteiger partial charge < -0.3 is 4.74 Å². The van der Waals surface area contributed by atoms with Crippen LogP contribution >= 0.6 is 11.6 Å². The zero-order chi connectivity index (χ0) is 12.1. The molecule has 88 valence electrons. The van der Waals surface area contributed by atoms with E-state index in [0.717, 1.165) is 5.56 Å². The van der Waals surface area contributed by atoms with E-state index in [9.17, 15) is 13.6 Å². The van der Waals surface area contributed by atoms with Gasteiger partial charge in [-0.25, -0.2) is 0 Å². The maximum absolute atomic E-state index is 12.1. The van der Waals surface area contributed by atoms with Crippen LogP contribution in [0.1, 0.15) is 11.1 Å². The molecule has 16 heavy (non-hydrogen) atoms. The van der Waals surface area contributed by atoms with E-state index in [1.807, 2.05) is 0 Å². The molecule has 2 nitrogen and oxygen atoms in total. The van der Waals surface area contributed by atoms with Crippen molar-refractivity contribution in [2.45, 2.75) is 20.0 Å². The summed E-state index contributed by atoms with van der Waals surface area (Å²) in [5, 5.41) is 0. The van der Waals surface area contributed by atoms with Crippen molar-refractivity contribution in [2.24, 2.45) is 0 Å². The zero-order valence-electron chi connectivity index (χ0n) is 8.67. The Morgan fingerprint density at radius 2 is 2.19 bits per heavy atom. The maximum atomic E-state index is 12.1. The van der Waals surface area contributed by atoms with Crippen molar-refractivity contribution in [3.8, 4) is 5.75 Å². The van der Waals surface area contributed by atoms with E-state index in [4.69, 9.17) is 11.6 Å². The SMILES string of the molecule is Cc1ccc(CC(=O)CCl)c(OC(F)F)c1. The number of halogens is 3. The lowest BCUT2D eigenvalue weighted by Gasteiger charge is -2.10. The van der Waals surface area contributed by atoms with Crippen LogP contribution in [0.4, 0.5) is 8.78 Å². The number of alkyl halides is 3. The molecule has 0 aliphatic carbocycles. The largest absolute Gasteiger partial charge is 0.435 e. The van der Waals surface area contributed by atoms with E-state index in [1.165, 1.54) is 6.07 Å². The Hall–Kier alpha value is -1.16. The second kappa shape index (κ2) is 5.80. The third-order valence-electron chi connectivity index (χ3n) is 1.98. The smallest absolute Gasteiger partial charge is 0.387 e. The molecule has 1 rings (SSSR count). The van der Waals surface area contributed by atoms with Gasteiger partial charge in [-0.15, -0.1) is 11.6 Å². The van der Waals surface area contributed by atoms with Gasteiger partial charge in [0.25, 0.3) is 0 Å². The average molecular weight is 249 g/mol. The van der Waals surface area contributed by atoms with Crippen molar-refractivity contribution in [2.75, 3.05) is 5.88 Å². The van der Waals surface area contributed by atoms with Gasteiger partial charge >= 0.3 is 6.61 Å². The summed E-state index contributed by atoms with van der Waals surface area (Å²) in [6.07, 6.45) is 0.00579. The number of benzene rings is 1. The molecule has 5 heteroatoms. The summed E-state index contributed by atoms with van der Waals surface area (Å²) in [7, 11) is 0. The lowest BCUT2D eigenvalue weighted by molar-refractivity contribution is -0.116. The summed E-state index contributed by atoms with van der Waals surface area (Å²) in [4.78, 5) is 11.1. The average Bonchev–Trinajstić information content (AvgIpc) is 2.21. The molecule has 0 saturated carbocycles. The molecule has 0 aliphatic rings. The highest BCUT2D eigenvalue weighted by Crippen LogP contribution is 2.23. The molecule has 1 aromatic carbocycles. The van der Waals surface area contributed by atoms with Crippen molar-refractivity contribution in [1.29, 1.82) is 0 Å². The number of hydrogen-bond acceptors (Lipinski definition) is 2. The fourth-order valence-corrected chi connectivity index (χ4v) is 1.37. The molecule has 0 unspecified atom stereocenters. The molecule has 1 aromatic rings. The number of aryl methyl sites for hydroxylation is 1. The van der Waals surface area contributed by atoms with E-state index in [-0.39, 0.29) is 23.8 Å². The Morgan fingerprint density at radius 1 is 1.50 bits per heavy atom. The Labute approximate surface area is 97.2 Å². The third-order valence-corrected chi connectivity index (χ3v) is 2.27. The van der Waals surface area contributed by atoms with E-state index in [1.54, 1.807) is 19.1 Å². The van der Waals surface area contributed by atoms with Crippen LogP contribution in [0.15, 0.2) is 18.2 Å². The number of carbonyl (C=O) groups excluding carboxylic acids is 1. The first kappa shape index (κ1) is 12.9. The summed E-state index contributed by atoms with van der Waals surface area (Å²) < 4.78 is 28.6. The number of Topliss-reactive ketones (excluding diaryl/α,β-unsaturated/α-hetero) is 1. The minimum Gasteiger partial charge on any atom is -0.435 e. The molecule has 0 radical (unpaired) electrons. The van der Waals surface area contributed by atoms with Crippen LogP contribution in [-0.2, 0) is 11.2 Å².